The van der Waals surface area contributed by atoms with Crippen molar-refractivity contribution in [1.29, 1.82) is 0 Å². The molecule has 4 rings (SSSR count). The minimum Gasteiger partial charge on any atom is -0.327 e. The van der Waals surface area contributed by atoms with Crippen LogP contribution in [0.15, 0.2) is 59.3 Å². The van der Waals surface area contributed by atoms with Gasteiger partial charge in [0.25, 0.3) is 0 Å². The van der Waals surface area contributed by atoms with Crippen LogP contribution in [0, 0.1) is 0 Å². The number of para-hydroxylation sites is 1. The van der Waals surface area contributed by atoms with Crippen molar-refractivity contribution in [2.75, 3.05) is 19.6 Å². The van der Waals surface area contributed by atoms with Crippen molar-refractivity contribution in [2.24, 2.45) is 5.73 Å². The maximum atomic E-state index is 14.4. The average Bonchev–Trinajstić information content (AvgIpc) is 3.43. The first-order chi connectivity index (χ1) is 15.3. The number of halogens is 2. The highest BCUT2D eigenvalue weighted by Crippen LogP contribution is 2.33. The second-order valence-corrected chi connectivity index (χ2v) is 10.3. The van der Waals surface area contributed by atoms with E-state index in [1.54, 1.807) is 22.5 Å². The molecular formula is C24H30ClFN4O2S. The first-order valence-corrected chi connectivity index (χ1v) is 12.4. The summed E-state index contributed by atoms with van der Waals surface area (Å²) in [4.78, 5) is 5.14. The van der Waals surface area contributed by atoms with Gasteiger partial charge in [0, 0.05) is 31.1 Å². The number of benzene rings is 2. The highest BCUT2D eigenvalue weighted by molar-refractivity contribution is 7.89. The van der Waals surface area contributed by atoms with Gasteiger partial charge in [-0.3, -0.25) is 0 Å². The van der Waals surface area contributed by atoms with Crippen molar-refractivity contribution < 1.29 is 12.8 Å². The molecule has 0 bridgehead atoms. The lowest BCUT2D eigenvalue weighted by Gasteiger charge is -2.16. The van der Waals surface area contributed by atoms with Gasteiger partial charge in [0.15, 0.2) is 0 Å². The van der Waals surface area contributed by atoms with Crippen molar-refractivity contribution in [3.63, 3.8) is 0 Å². The van der Waals surface area contributed by atoms with Crippen LogP contribution in [0.25, 0.3) is 22.2 Å². The zero-order chi connectivity index (χ0) is 22.9. The van der Waals surface area contributed by atoms with Crippen molar-refractivity contribution in [3.05, 3.63) is 60.2 Å². The Morgan fingerprint density at radius 2 is 1.88 bits per heavy atom. The Balaban J connectivity index is 0.00000306. The van der Waals surface area contributed by atoms with E-state index in [4.69, 9.17) is 10.7 Å². The monoisotopic (exact) mass is 492 g/mol. The van der Waals surface area contributed by atoms with E-state index in [1.165, 1.54) is 6.08 Å². The molecule has 6 nitrogen and oxygen atoms in total. The molecule has 2 heterocycles. The van der Waals surface area contributed by atoms with Crippen molar-refractivity contribution in [1.82, 2.24) is 13.9 Å². The minimum atomic E-state index is -3.52. The molecular weight excluding hydrogens is 463 g/mol. The Hall–Kier alpha value is -2.26. The Kier molecular flexibility index (Phi) is 7.95. The number of sulfonamides is 1. The van der Waals surface area contributed by atoms with E-state index in [2.05, 4.69) is 0 Å². The molecule has 0 atom stereocenters. The van der Waals surface area contributed by atoms with Crippen molar-refractivity contribution >= 4 is 33.5 Å². The van der Waals surface area contributed by atoms with Crippen molar-refractivity contribution in [3.8, 4) is 11.1 Å². The molecule has 1 aliphatic heterocycles. The molecule has 0 unspecified atom stereocenters. The molecule has 178 valence electrons. The summed E-state index contributed by atoms with van der Waals surface area (Å²) in [6.07, 6.45) is 3.15. The van der Waals surface area contributed by atoms with Crippen LogP contribution in [0.5, 0.6) is 0 Å². The standard InChI is InChI=1S/C24H29FN4O2S.ClH/c1-17(2)24-27-23-21(9-6-10-22(23)29(24)16-19(25)11-12-26)18-7-5-8-20(15-18)32(30,31)28-13-3-4-14-28;/h5-11,15,17H,3-4,12-14,16,26H2,1-2H3;1H/b19-11-;. The number of allylic oxidation sites excluding steroid dienone is 1. The van der Waals surface area contributed by atoms with E-state index in [0.717, 1.165) is 40.8 Å². The lowest BCUT2D eigenvalue weighted by molar-refractivity contribution is 0.477. The van der Waals surface area contributed by atoms with Gasteiger partial charge < -0.3 is 10.3 Å². The number of hydrogen-bond donors (Lipinski definition) is 1. The van der Waals surface area contributed by atoms with Gasteiger partial charge in [-0.1, -0.05) is 38.1 Å². The van der Waals surface area contributed by atoms with E-state index >= 15 is 0 Å². The smallest absolute Gasteiger partial charge is 0.243 e. The third-order valence-electron chi connectivity index (χ3n) is 5.82. The number of rotatable bonds is 7. The largest absolute Gasteiger partial charge is 0.327 e. The third kappa shape index (κ3) is 4.99. The second-order valence-electron chi connectivity index (χ2n) is 8.41. The highest BCUT2D eigenvalue weighted by atomic mass is 35.5. The van der Waals surface area contributed by atoms with Gasteiger partial charge in [-0.2, -0.15) is 4.31 Å². The van der Waals surface area contributed by atoms with Crippen LogP contribution in [0.4, 0.5) is 4.39 Å². The minimum absolute atomic E-state index is 0. The normalized spacial score (nSPS) is 15.4. The molecule has 9 heteroatoms. The summed E-state index contributed by atoms with van der Waals surface area (Å²) in [5.74, 6) is 0.550. The van der Waals surface area contributed by atoms with E-state index in [1.807, 2.05) is 42.7 Å². The fourth-order valence-corrected chi connectivity index (χ4v) is 5.81. The van der Waals surface area contributed by atoms with Gasteiger partial charge in [0.2, 0.25) is 10.0 Å². The van der Waals surface area contributed by atoms with Crippen LogP contribution in [0.3, 0.4) is 0 Å². The van der Waals surface area contributed by atoms with Gasteiger partial charge in [-0.15, -0.1) is 12.4 Å². The van der Waals surface area contributed by atoms with Crippen LogP contribution in [0.1, 0.15) is 38.4 Å². The zero-order valence-electron chi connectivity index (χ0n) is 18.9. The molecule has 1 aromatic heterocycles. The Labute approximate surface area is 200 Å². The SMILES string of the molecule is CC(C)c1nc2c(-c3cccc(S(=O)(=O)N4CCCC4)c3)cccc2n1C/C(F)=C/CN.Cl. The van der Waals surface area contributed by atoms with E-state index in [-0.39, 0.29) is 42.1 Å². The summed E-state index contributed by atoms with van der Waals surface area (Å²) >= 11 is 0. The fraction of sp³-hybridized carbons (Fsp3) is 0.375. The summed E-state index contributed by atoms with van der Waals surface area (Å²) < 4.78 is 43.9. The molecule has 1 aliphatic rings. The zero-order valence-corrected chi connectivity index (χ0v) is 20.5. The van der Waals surface area contributed by atoms with Gasteiger partial charge in [-0.05, 0) is 42.7 Å². The first kappa shape index (κ1) is 25.4. The van der Waals surface area contributed by atoms with Crippen LogP contribution < -0.4 is 5.73 Å². The van der Waals surface area contributed by atoms with Gasteiger partial charge in [0.05, 0.1) is 22.5 Å². The average molecular weight is 493 g/mol. The quantitative estimate of drug-likeness (QED) is 0.511. The molecule has 2 N–H and O–H groups in total. The maximum absolute atomic E-state index is 14.4. The van der Waals surface area contributed by atoms with E-state index in [9.17, 15) is 12.8 Å². The summed E-state index contributed by atoms with van der Waals surface area (Å²) in [6.45, 7) is 5.36. The fourth-order valence-electron chi connectivity index (χ4n) is 4.25. The third-order valence-corrected chi connectivity index (χ3v) is 7.72. The molecule has 0 amide bonds. The molecule has 2 aromatic carbocycles. The van der Waals surface area contributed by atoms with E-state index in [0.29, 0.717) is 13.1 Å². The van der Waals surface area contributed by atoms with E-state index < -0.39 is 10.0 Å². The summed E-state index contributed by atoms with van der Waals surface area (Å²) in [5.41, 5.74) is 8.60. The van der Waals surface area contributed by atoms with Gasteiger partial charge in [-0.25, -0.2) is 17.8 Å². The molecule has 3 aromatic rings. The number of fused-ring (bicyclic) bond motifs is 1. The number of nitrogens with two attached hydrogens (primary N) is 1. The topological polar surface area (TPSA) is 81.2 Å². The summed E-state index contributed by atoms with van der Waals surface area (Å²) in [7, 11) is -3.52. The van der Waals surface area contributed by atoms with Crippen LogP contribution in [-0.2, 0) is 16.6 Å². The molecule has 0 spiro atoms. The maximum Gasteiger partial charge on any atom is 0.243 e. The van der Waals surface area contributed by atoms with Crippen LogP contribution in [0.2, 0.25) is 0 Å². The van der Waals surface area contributed by atoms with Gasteiger partial charge >= 0.3 is 0 Å². The number of imidazole rings is 1. The Morgan fingerprint density at radius 1 is 1.18 bits per heavy atom. The number of nitrogens with zero attached hydrogens (tertiary/aromatic N) is 3. The van der Waals surface area contributed by atoms with Gasteiger partial charge in [0.1, 0.15) is 11.7 Å². The molecule has 0 saturated carbocycles. The molecule has 0 radical (unpaired) electrons. The molecule has 0 aliphatic carbocycles. The molecule has 1 fully saturated rings. The first-order valence-electron chi connectivity index (χ1n) is 11.0. The second kappa shape index (κ2) is 10.3. The predicted molar refractivity (Wildman–Crippen MR) is 133 cm³/mol. The lowest BCUT2D eigenvalue weighted by Crippen LogP contribution is -2.27. The van der Waals surface area contributed by atoms with Crippen molar-refractivity contribution in [2.45, 2.75) is 44.0 Å². The molecule has 33 heavy (non-hydrogen) atoms. The van der Waals surface area contributed by atoms with Crippen LogP contribution >= 0.6 is 12.4 Å². The summed E-state index contributed by atoms with van der Waals surface area (Å²) in [6, 6.07) is 12.7. The predicted octanol–water partition coefficient (Wildman–Crippen LogP) is 4.85. The number of aromatic nitrogens is 2. The Bertz CT molecular complexity index is 1260. The Morgan fingerprint density at radius 3 is 2.55 bits per heavy atom. The van der Waals surface area contributed by atoms with Crippen LogP contribution in [-0.4, -0.2) is 41.9 Å². The highest BCUT2D eigenvalue weighted by Gasteiger charge is 2.27. The molecule has 1 saturated heterocycles. The number of hydrogen-bond acceptors (Lipinski definition) is 4. The summed E-state index contributed by atoms with van der Waals surface area (Å²) in [5, 5.41) is 0. The lowest BCUT2D eigenvalue weighted by atomic mass is 10.0.